The van der Waals surface area contributed by atoms with Crippen LogP contribution in [0.5, 0.6) is 0 Å². The molecule has 0 aromatic carbocycles. The smallest absolute Gasteiger partial charge is 0.217 e. The standard InChI is InChI=1S/C14H26N2O4S/c17-21(18,14-1-2-14)16(13-3-9-19-10-4-13)6-5-15-7-11-20-12-8-15/h13-14H,1-12H2. The second kappa shape index (κ2) is 6.91. The molecule has 2 heterocycles. The Balaban J connectivity index is 1.63. The zero-order valence-corrected chi connectivity index (χ0v) is 13.4. The number of ether oxygens (including phenoxy) is 2. The van der Waals surface area contributed by atoms with E-state index in [1.54, 1.807) is 4.31 Å². The first-order valence-electron chi connectivity index (χ1n) is 8.06. The summed E-state index contributed by atoms with van der Waals surface area (Å²) in [5.74, 6) is 0. The summed E-state index contributed by atoms with van der Waals surface area (Å²) in [6.07, 6.45) is 3.32. The quantitative estimate of drug-likeness (QED) is 0.705. The fraction of sp³-hybridized carbons (Fsp3) is 1.00. The van der Waals surface area contributed by atoms with Gasteiger partial charge in [0.2, 0.25) is 10.0 Å². The molecule has 0 radical (unpaired) electrons. The Kier molecular flexibility index (Phi) is 5.16. The largest absolute Gasteiger partial charge is 0.381 e. The molecule has 3 rings (SSSR count). The van der Waals surface area contributed by atoms with Crippen molar-refractivity contribution in [2.24, 2.45) is 0 Å². The molecule has 1 aliphatic carbocycles. The lowest BCUT2D eigenvalue weighted by Gasteiger charge is -2.35. The number of rotatable bonds is 6. The number of hydrogen-bond acceptors (Lipinski definition) is 5. The molecule has 0 bridgehead atoms. The van der Waals surface area contributed by atoms with Crippen molar-refractivity contribution in [3.05, 3.63) is 0 Å². The van der Waals surface area contributed by atoms with Crippen molar-refractivity contribution in [3.8, 4) is 0 Å². The van der Waals surface area contributed by atoms with Crippen LogP contribution in [0.4, 0.5) is 0 Å². The summed E-state index contributed by atoms with van der Waals surface area (Å²) in [5, 5.41) is -0.120. The fourth-order valence-corrected chi connectivity index (χ4v) is 5.19. The van der Waals surface area contributed by atoms with Crippen molar-refractivity contribution in [1.82, 2.24) is 9.21 Å². The summed E-state index contributed by atoms with van der Waals surface area (Å²) in [4.78, 5) is 2.30. The summed E-state index contributed by atoms with van der Waals surface area (Å²) in [6.45, 7) is 6.11. The van der Waals surface area contributed by atoms with E-state index in [4.69, 9.17) is 9.47 Å². The summed E-state index contributed by atoms with van der Waals surface area (Å²) in [6, 6.07) is 0.130. The predicted octanol–water partition coefficient (Wildman–Crippen LogP) is 0.292. The third kappa shape index (κ3) is 3.96. The van der Waals surface area contributed by atoms with E-state index in [1.807, 2.05) is 0 Å². The first-order valence-corrected chi connectivity index (χ1v) is 9.57. The van der Waals surface area contributed by atoms with E-state index in [2.05, 4.69) is 4.90 Å². The molecule has 3 fully saturated rings. The predicted molar refractivity (Wildman–Crippen MR) is 79.7 cm³/mol. The first-order chi connectivity index (χ1) is 10.2. The Hall–Kier alpha value is -0.210. The van der Waals surface area contributed by atoms with Gasteiger partial charge in [-0.3, -0.25) is 4.90 Å². The van der Waals surface area contributed by atoms with Crippen LogP contribution in [0.25, 0.3) is 0 Å². The summed E-state index contributed by atoms with van der Waals surface area (Å²) in [5.41, 5.74) is 0. The Morgan fingerprint density at radius 2 is 1.57 bits per heavy atom. The molecule has 3 aliphatic rings. The molecule has 0 atom stereocenters. The molecule has 0 N–H and O–H groups in total. The monoisotopic (exact) mass is 318 g/mol. The Morgan fingerprint density at radius 1 is 0.952 bits per heavy atom. The highest BCUT2D eigenvalue weighted by Crippen LogP contribution is 2.33. The summed E-state index contributed by atoms with van der Waals surface area (Å²) >= 11 is 0. The molecule has 2 saturated heterocycles. The van der Waals surface area contributed by atoms with Gasteiger partial charge >= 0.3 is 0 Å². The van der Waals surface area contributed by atoms with Gasteiger partial charge in [0, 0.05) is 45.4 Å². The minimum atomic E-state index is -3.11. The molecule has 2 aliphatic heterocycles. The van der Waals surface area contributed by atoms with Gasteiger partial charge < -0.3 is 9.47 Å². The highest BCUT2D eigenvalue weighted by molar-refractivity contribution is 7.90. The lowest BCUT2D eigenvalue weighted by molar-refractivity contribution is 0.0291. The van der Waals surface area contributed by atoms with Crippen LogP contribution in [0.3, 0.4) is 0 Å². The molecule has 0 aromatic rings. The number of hydrogen-bond donors (Lipinski definition) is 0. The molecular formula is C14H26N2O4S. The van der Waals surface area contributed by atoms with E-state index in [0.717, 1.165) is 58.5 Å². The Labute approximate surface area is 127 Å². The van der Waals surface area contributed by atoms with E-state index in [1.165, 1.54) is 0 Å². The normalized spacial score (nSPS) is 26.3. The van der Waals surface area contributed by atoms with Gasteiger partial charge in [-0.15, -0.1) is 0 Å². The van der Waals surface area contributed by atoms with Crippen molar-refractivity contribution < 1.29 is 17.9 Å². The van der Waals surface area contributed by atoms with Gasteiger partial charge in [-0.25, -0.2) is 8.42 Å². The minimum Gasteiger partial charge on any atom is -0.381 e. The lowest BCUT2D eigenvalue weighted by atomic mass is 10.1. The molecule has 122 valence electrons. The highest BCUT2D eigenvalue weighted by atomic mass is 32.2. The lowest BCUT2D eigenvalue weighted by Crippen LogP contribution is -2.49. The zero-order chi connectivity index (χ0) is 14.7. The van der Waals surface area contributed by atoms with Crippen molar-refractivity contribution in [2.45, 2.75) is 37.0 Å². The van der Waals surface area contributed by atoms with E-state index in [-0.39, 0.29) is 11.3 Å². The maximum atomic E-state index is 12.7. The van der Waals surface area contributed by atoms with Gasteiger partial charge in [-0.1, -0.05) is 0 Å². The van der Waals surface area contributed by atoms with Crippen molar-refractivity contribution in [1.29, 1.82) is 0 Å². The molecule has 1 saturated carbocycles. The molecule has 0 amide bonds. The van der Waals surface area contributed by atoms with Crippen LogP contribution in [-0.2, 0) is 19.5 Å². The van der Waals surface area contributed by atoms with Crippen LogP contribution in [0.1, 0.15) is 25.7 Å². The highest BCUT2D eigenvalue weighted by Gasteiger charge is 2.42. The van der Waals surface area contributed by atoms with Crippen molar-refractivity contribution >= 4 is 10.0 Å². The summed E-state index contributed by atoms with van der Waals surface area (Å²) < 4.78 is 37.9. The van der Waals surface area contributed by atoms with Crippen LogP contribution in [0.15, 0.2) is 0 Å². The first kappa shape index (κ1) is 15.7. The van der Waals surface area contributed by atoms with Crippen molar-refractivity contribution in [3.63, 3.8) is 0 Å². The number of nitrogens with zero attached hydrogens (tertiary/aromatic N) is 2. The van der Waals surface area contributed by atoms with Gasteiger partial charge in [0.15, 0.2) is 0 Å². The third-order valence-electron chi connectivity index (χ3n) is 4.61. The molecule has 6 nitrogen and oxygen atoms in total. The second-order valence-electron chi connectivity index (χ2n) is 6.15. The Morgan fingerprint density at radius 3 is 2.19 bits per heavy atom. The maximum absolute atomic E-state index is 12.7. The maximum Gasteiger partial charge on any atom is 0.217 e. The Bertz CT molecular complexity index is 426. The van der Waals surface area contributed by atoms with Gasteiger partial charge in [0.25, 0.3) is 0 Å². The van der Waals surface area contributed by atoms with Crippen LogP contribution in [-0.4, -0.2) is 81.5 Å². The minimum absolute atomic E-state index is 0.120. The van der Waals surface area contributed by atoms with Crippen LogP contribution >= 0.6 is 0 Å². The molecule has 0 spiro atoms. The fourth-order valence-electron chi connectivity index (χ4n) is 3.11. The van der Waals surface area contributed by atoms with Gasteiger partial charge in [0.05, 0.1) is 18.5 Å². The third-order valence-corrected chi connectivity index (χ3v) is 7.06. The average molecular weight is 318 g/mol. The van der Waals surface area contributed by atoms with Gasteiger partial charge in [-0.2, -0.15) is 4.31 Å². The number of morpholine rings is 1. The number of sulfonamides is 1. The molecule has 0 unspecified atom stereocenters. The van der Waals surface area contributed by atoms with E-state index < -0.39 is 10.0 Å². The van der Waals surface area contributed by atoms with Gasteiger partial charge in [-0.05, 0) is 25.7 Å². The molecular weight excluding hydrogens is 292 g/mol. The second-order valence-corrected chi connectivity index (χ2v) is 8.32. The molecule has 21 heavy (non-hydrogen) atoms. The van der Waals surface area contributed by atoms with Crippen LogP contribution < -0.4 is 0 Å². The average Bonchev–Trinajstić information content (AvgIpc) is 3.34. The van der Waals surface area contributed by atoms with E-state index >= 15 is 0 Å². The van der Waals surface area contributed by atoms with E-state index in [9.17, 15) is 8.42 Å². The molecule has 7 heteroatoms. The van der Waals surface area contributed by atoms with Crippen LogP contribution in [0, 0.1) is 0 Å². The molecule has 0 aromatic heterocycles. The zero-order valence-electron chi connectivity index (χ0n) is 12.6. The van der Waals surface area contributed by atoms with E-state index in [0.29, 0.717) is 19.8 Å². The topological polar surface area (TPSA) is 59.1 Å². The SMILES string of the molecule is O=S(=O)(C1CC1)N(CCN1CCOCC1)C1CCOCC1. The summed E-state index contributed by atoms with van der Waals surface area (Å²) in [7, 11) is -3.11. The van der Waals surface area contributed by atoms with Crippen LogP contribution in [0.2, 0.25) is 0 Å². The van der Waals surface area contributed by atoms with Gasteiger partial charge in [0.1, 0.15) is 0 Å². The van der Waals surface area contributed by atoms with Crippen molar-refractivity contribution in [2.75, 3.05) is 52.6 Å².